The summed E-state index contributed by atoms with van der Waals surface area (Å²) in [4.78, 5) is 16.6. The maximum atomic E-state index is 12.6. The van der Waals surface area contributed by atoms with Crippen LogP contribution in [-0.4, -0.2) is 26.3 Å². The summed E-state index contributed by atoms with van der Waals surface area (Å²) in [5, 5.41) is 9.36. The first-order chi connectivity index (χ1) is 12.8. The second-order valence-corrected chi connectivity index (χ2v) is 6.97. The Morgan fingerprint density at radius 3 is 2.41 bits per heavy atom. The van der Waals surface area contributed by atoms with Crippen molar-refractivity contribution in [1.29, 1.82) is 0 Å². The summed E-state index contributed by atoms with van der Waals surface area (Å²) in [5.74, 6) is 0.235. The Hall–Kier alpha value is -2.81. The molecule has 0 aliphatic rings. The van der Waals surface area contributed by atoms with Crippen LogP contribution in [0.4, 0.5) is 18.9 Å². The molecule has 0 bridgehead atoms. The summed E-state index contributed by atoms with van der Waals surface area (Å²) >= 11 is 1.15. The molecule has 3 aromatic rings. The molecule has 1 amide bonds. The van der Waals surface area contributed by atoms with E-state index >= 15 is 0 Å². The molecule has 0 unspecified atom stereocenters. The topological polar surface area (TPSA) is 70.7 Å². The highest BCUT2D eigenvalue weighted by atomic mass is 32.2. The number of benzene rings is 2. The number of nitrogens with one attached hydrogen (secondary N) is 2. The maximum Gasteiger partial charge on any atom is 0.416 e. The van der Waals surface area contributed by atoms with Gasteiger partial charge in [0.2, 0.25) is 11.1 Å². The molecule has 0 saturated carbocycles. The lowest BCUT2D eigenvalue weighted by Gasteiger charge is -2.11. The van der Waals surface area contributed by atoms with Gasteiger partial charge in [0.05, 0.1) is 10.8 Å². The van der Waals surface area contributed by atoms with E-state index in [9.17, 15) is 18.0 Å². The van der Waals surface area contributed by atoms with Gasteiger partial charge in [-0.05, 0) is 31.2 Å². The second-order valence-electron chi connectivity index (χ2n) is 5.66. The fourth-order valence-electron chi connectivity index (χ4n) is 2.22. The third-order valence-corrected chi connectivity index (χ3v) is 4.60. The Morgan fingerprint density at radius 1 is 1.11 bits per heavy atom. The predicted octanol–water partition coefficient (Wildman–Crippen LogP) is 4.61. The lowest BCUT2D eigenvalue weighted by atomic mass is 10.2. The Morgan fingerprint density at radius 2 is 1.78 bits per heavy atom. The van der Waals surface area contributed by atoms with Gasteiger partial charge in [-0.3, -0.25) is 9.89 Å². The SMILES string of the molecule is C[C@H](Sc1n[nH]c(-c2ccccc2)n1)C(=O)Nc1ccc(C(F)(F)F)cc1. The van der Waals surface area contributed by atoms with E-state index in [4.69, 9.17) is 0 Å². The van der Waals surface area contributed by atoms with Crippen LogP contribution in [0.25, 0.3) is 11.4 Å². The van der Waals surface area contributed by atoms with Crippen LogP contribution in [0.3, 0.4) is 0 Å². The number of H-pyrrole nitrogens is 1. The van der Waals surface area contributed by atoms with Gasteiger partial charge in [-0.25, -0.2) is 4.98 Å². The van der Waals surface area contributed by atoms with E-state index in [1.54, 1.807) is 6.92 Å². The van der Waals surface area contributed by atoms with Gasteiger partial charge < -0.3 is 5.32 Å². The third-order valence-electron chi connectivity index (χ3n) is 3.64. The fraction of sp³-hybridized carbons (Fsp3) is 0.167. The number of aromatic nitrogens is 3. The number of hydrogen-bond acceptors (Lipinski definition) is 4. The van der Waals surface area contributed by atoms with Crippen LogP contribution in [0, 0.1) is 0 Å². The number of anilines is 1. The number of carbonyl (C=O) groups excluding carboxylic acids is 1. The molecule has 0 radical (unpaired) electrons. The highest BCUT2D eigenvalue weighted by molar-refractivity contribution is 8.00. The van der Waals surface area contributed by atoms with Crippen LogP contribution in [0.1, 0.15) is 12.5 Å². The van der Waals surface area contributed by atoms with E-state index in [-0.39, 0.29) is 5.91 Å². The van der Waals surface area contributed by atoms with Gasteiger partial charge >= 0.3 is 6.18 Å². The molecule has 140 valence electrons. The lowest BCUT2D eigenvalue weighted by molar-refractivity contribution is -0.137. The molecule has 0 saturated heterocycles. The summed E-state index contributed by atoms with van der Waals surface area (Å²) in [7, 11) is 0. The Kier molecular flexibility index (Phi) is 5.50. The van der Waals surface area contributed by atoms with Gasteiger partial charge in [-0.2, -0.15) is 13.2 Å². The first-order valence-corrected chi connectivity index (χ1v) is 8.83. The molecule has 1 heterocycles. The number of halogens is 3. The molecule has 1 atom stereocenters. The van der Waals surface area contributed by atoms with Crippen molar-refractivity contribution in [2.75, 3.05) is 5.32 Å². The summed E-state index contributed by atoms with van der Waals surface area (Å²) in [6.45, 7) is 1.67. The van der Waals surface area contributed by atoms with E-state index in [1.807, 2.05) is 30.3 Å². The monoisotopic (exact) mass is 392 g/mol. The molecule has 2 N–H and O–H groups in total. The van der Waals surface area contributed by atoms with E-state index < -0.39 is 17.0 Å². The molecule has 27 heavy (non-hydrogen) atoms. The van der Waals surface area contributed by atoms with Crippen molar-refractivity contribution < 1.29 is 18.0 Å². The highest BCUT2D eigenvalue weighted by Crippen LogP contribution is 2.30. The zero-order valence-electron chi connectivity index (χ0n) is 14.1. The second kappa shape index (κ2) is 7.83. The van der Waals surface area contributed by atoms with Crippen molar-refractivity contribution in [2.45, 2.75) is 23.5 Å². The fourth-order valence-corrected chi connectivity index (χ4v) is 2.95. The first-order valence-electron chi connectivity index (χ1n) is 7.95. The minimum atomic E-state index is -4.41. The third kappa shape index (κ3) is 4.88. The Balaban J connectivity index is 1.60. The summed E-state index contributed by atoms with van der Waals surface area (Å²) in [6, 6.07) is 13.7. The minimum Gasteiger partial charge on any atom is -0.325 e. The average Bonchev–Trinajstić information content (AvgIpc) is 3.10. The quantitative estimate of drug-likeness (QED) is 0.622. The van der Waals surface area contributed by atoms with Crippen LogP contribution < -0.4 is 5.32 Å². The number of thioether (sulfide) groups is 1. The molecular formula is C18H15F3N4OS. The van der Waals surface area contributed by atoms with E-state index in [1.165, 1.54) is 12.1 Å². The maximum absolute atomic E-state index is 12.6. The summed E-state index contributed by atoms with van der Waals surface area (Å²) < 4.78 is 37.7. The van der Waals surface area contributed by atoms with Gasteiger partial charge in [-0.1, -0.05) is 42.1 Å². The van der Waals surface area contributed by atoms with Gasteiger partial charge in [0, 0.05) is 11.3 Å². The van der Waals surface area contributed by atoms with Crippen molar-refractivity contribution in [1.82, 2.24) is 15.2 Å². The summed E-state index contributed by atoms with van der Waals surface area (Å²) in [6.07, 6.45) is -4.41. The number of aromatic amines is 1. The smallest absolute Gasteiger partial charge is 0.325 e. The van der Waals surface area contributed by atoms with Crippen molar-refractivity contribution in [3.05, 3.63) is 60.2 Å². The van der Waals surface area contributed by atoms with Gasteiger partial charge in [0.25, 0.3) is 0 Å². The average molecular weight is 392 g/mol. The van der Waals surface area contributed by atoms with Crippen molar-refractivity contribution in [3.63, 3.8) is 0 Å². The Labute approximate surface area is 157 Å². The molecule has 0 aliphatic carbocycles. The molecular weight excluding hydrogens is 377 g/mol. The van der Waals surface area contributed by atoms with Crippen LogP contribution >= 0.6 is 11.8 Å². The zero-order chi connectivity index (χ0) is 19.4. The standard InChI is InChI=1S/C18H15F3N4OS/c1-11(16(26)22-14-9-7-13(8-10-14)18(19,20)21)27-17-23-15(24-25-17)12-5-3-2-4-6-12/h2-11H,1H3,(H,22,26)(H,23,24,25)/t11-/m0/s1. The number of carbonyl (C=O) groups is 1. The van der Waals surface area contributed by atoms with Crippen molar-refractivity contribution in [2.24, 2.45) is 0 Å². The zero-order valence-corrected chi connectivity index (χ0v) is 14.9. The molecule has 5 nitrogen and oxygen atoms in total. The van der Waals surface area contributed by atoms with Crippen molar-refractivity contribution in [3.8, 4) is 11.4 Å². The number of rotatable bonds is 5. The van der Waals surface area contributed by atoms with Crippen LogP contribution in [-0.2, 0) is 11.0 Å². The van der Waals surface area contributed by atoms with Gasteiger partial charge in [-0.15, -0.1) is 5.10 Å². The number of alkyl halides is 3. The van der Waals surface area contributed by atoms with E-state index in [0.29, 0.717) is 16.7 Å². The molecule has 3 rings (SSSR count). The van der Waals surface area contributed by atoms with Gasteiger partial charge in [0.1, 0.15) is 0 Å². The van der Waals surface area contributed by atoms with Crippen LogP contribution in [0.5, 0.6) is 0 Å². The van der Waals surface area contributed by atoms with Crippen molar-refractivity contribution >= 4 is 23.4 Å². The predicted molar refractivity (Wildman–Crippen MR) is 97.2 cm³/mol. The lowest BCUT2D eigenvalue weighted by Crippen LogP contribution is -2.22. The van der Waals surface area contributed by atoms with E-state index in [2.05, 4.69) is 20.5 Å². The number of nitrogens with zero attached hydrogens (tertiary/aromatic N) is 2. The molecule has 0 fully saturated rings. The van der Waals surface area contributed by atoms with E-state index in [0.717, 1.165) is 29.5 Å². The molecule has 9 heteroatoms. The molecule has 0 spiro atoms. The number of hydrogen-bond donors (Lipinski definition) is 2. The first kappa shape index (κ1) is 19.0. The Bertz CT molecular complexity index is 910. The minimum absolute atomic E-state index is 0.292. The van der Waals surface area contributed by atoms with Crippen LogP contribution in [0.2, 0.25) is 0 Å². The largest absolute Gasteiger partial charge is 0.416 e. The summed E-state index contributed by atoms with van der Waals surface area (Å²) in [5.41, 5.74) is 0.399. The molecule has 0 aliphatic heterocycles. The number of amides is 1. The normalized spacial score (nSPS) is 12.6. The molecule has 1 aromatic heterocycles. The van der Waals surface area contributed by atoms with Crippen LogP contribution in [0.15, 0.2) is 59.8 Å². The molecule has 2 aromatic carbocycles. The highest BCUT2D eigenvalue weighted by Gasteiger charge is 2.30. The van der Waals surface area contributed by atoms with Gasteiger partial charge in [0.15, 0.2) is 5.82 Å².